The normalized spacial score (nSPS) is 10.8. The molecule has 1 N–H and O–H groups in total. The Morgan fingerprint density at radius 1 is 1.05 bits per heavy atom. The number of fused-ring (bicyclic) bond motifs is 1. The van der Waals surface area contributed by atoms with Crippen molar-refractivity contribution in [2.24, 2.45) is 0 Å². The summed E-state index contributed by atoms with van der Waals surface area (Å²) in [4.78, 5) is 12.4. The van der Waals surface area contributed by atoms with Crippen molar-refractivity contribution in [1.82, 2.24) is 15.0 Å². The first-order valence-corrected chi connectivity index (χ1v) is 6.38. The van der Waals surface area contributed by atoms with Crippen LogP contribution in [0.3, 0.4) is 0 Å². The van der Waals surface area contributed by atoms with E-state index in [1.807, 2.05) is 0 Å². The second kappa shape index (κ2) is 5.19. The molecule has 0 bridgehead atoms. The van der Waals surface area contributed by atoms with Gasteiger partial charge in [0.25, 0.3) is 0 Å². The molecule has 2 aromatic heterocycles. The number of anilines is 2. The molecule has 0 aliphatic rings. The quantitative estimate of drug-likeness (QED) is 0.720. The molecule has 2 heterocycles. The minimum atomic E-state index is -0.481. The third kappa shape index (κ3) is 2.50. The highest BCUT2D eigenvalue weighted by Crippen LogP contribution is 2.25. The van der Waals surface area contributed by atoms with E-state index < -0.39 is 5.82 Å². The number of benzene rings is 1. The van der Waals surface area contributed by atoms with Gasteiger partial charge in [-0.05, 0) is 30.3 Å². The van der Waals surface area contributed by atoms with E-state index in [-0.39, 0.29) is 5.02 Å². The first kappa shape index (κ1) is 13.0. The molecule has 0 aliphatic heterocycles. The average molecular weight is 309 g/mol. The van der Waals surface area contributed by atoms with Gasteiger partial charge in [-0.15, -0.1) is 0 Å². The Hall–Kier alpha value is -1.98. The fourth-order valence-electron chi connectivity index (χ4n) is 1.72. The van der Waals surface area contributed by atoms with Crippen LogP contribution in [0.25, 0.3) is 11.0 Å². The molecule has 0 saturated heterocycles. The van der Waals surface area contributed by atoms with Crippen LogP contribution in [-0.2, 0) is 0 Å². The topological polar surface area (TPSA) is 50.7 Å². The smallest absolute Gasteiger partial charge is 0.160 e. The van der Waals surface area contributed by atoms with Gasteiger partial charge in [0.15, 0.2) is 5.82 Å². The van der Waals surface area contributed by atoms with Gasteiger partial charge >= 0.3 is 0 Å². The number of rotatable bonds is 2. The molecule has 100 valence electrons. The van der Waals surface area contributed by atoms with Crippen LogP contribution in [0.5, 0.6) is 0 Å². The molecule has 0 aliphatic carbocycles. The fourth-order valence-corrected chi connectivity index (χ4v) is 2.05. The fraction of sp³-hybridized carbons (Fsp3) is 0. The van der Waals surface area contributed by atoms with Crippen LogP contribution in [0.2, 0.25) is 10.2 Å². The Labute approximate surface area is 123 Å². The molecule has 0 amide bonds. The molecule has 1 aromatic carbocycles. The zero-order valence-corrected chi connectivity index (χ0v) is 11.5. The van der Waals surface area contributed by atoms with Crippen LogP contribution in [0.1, 0.15) is 0 Å². The summed E-state index contributed by atoms with van der Waals surface area (Å²) in [7, 11) is 0. The molecular formula is C13H7Cl2FN4. The molecule has 0 radical (unpaired) electrons. The van der Waals surface area contributed by atoms with Crippen LogP contribution >= 0.6 is 23.2 Å². The van der Waals surface area contributed by atoms with Gasteiger partial charge in [0.1, 0.15) is 22.8 Å². The van der Waals surface area contributed by atoms with Crippen molar-refractivity contribution in [2.75, 3.05) is 5.32 Å². The molecule has 4 nitrogen and oxygen atoms in total. The lowest BCUT2D eigenvalue weighted by Crippen LogP contribution is -1.98. The molecule has 0 atom stereocenters. The lowest BCUT2D eigenvalue weighted by molar-refractivity contribution is 0.628. The number of aromatic nitrogens is 3. The summed E-state index contributed by atoms with van der Waals surface area (Å²) in [5.41, 5.74) is 1.78. The predicted octanol–water partition coefficient (Wildman–Crippen LogP) is 4.21. The Morgan fingerprint density at radius 3 is 2.70 bits per heavy atom. The van der Waals surface area contributed by atoms with Crippen molar-refractivity contribution in [3.8, 4) is 0 Å². The predicted molar refractivity (Wildman–Crippen MR) is 77.0 cm³/mol. The maximum absolute atomic E-state index is 13.1. The highest BCUT2D eigenvalue weighted by atomic mass is 35.5. The molecule has 3 rings (SSSR count). The Balaban J connectivity index is 2.05. The SMILES string of the molecule is Fc1ccc(Nc2ncnc3ccc(Cl)nc23)cc1Cl. The number of hydrogen-bond acceptors (Lipinski definition) is 4. The lowest BCUT2D eigenvalue weighted by atomic mass is 10.3. The number of pyridine rings is 1. The van der Waals surface area contributed by atoms with Gasteiger partial charge in [0, 0.05) is 5.69 Å². The maximum atomic E-state index is 13.1. The molecule has 0 unspecified atom stereocenters. The third-order valence-electron chi connectivity index (χ3n) is 2.63. The average Bonchev–Trinajstić information content (AvgIpc) is 2.44. The first-order valence-electron chi connectivity index (χ1n) is 5.63. The minimum absolute atomic E-state index is 0.0272. The molecular weight excluding hydrogens is 302 g/mol. The number of nitrogens with zero attached hydrogens (tertiary/aromatic N) is 3. The molecule has 20 heavy (non-hydrogen) atoms. The second-order valence-corrected chi connectivity index (χ2v) is 4.77. The molecule has 3 aromatic rings. The van der Waals surface area contributed by atoms with E-state index in [9.17, 15) is 4.39 Å². The van der Waals surface area contributed by atoms with Gasteiger partial charge < -0.3 is 5.32 Å². The molecule has 0 fully saturated rings. The Morgan fingerprint density at radius 2 is 1.90 bits per heavy atom. The van der Waals surface area contributed by atoms with E-state index in [0.29, 0.717) is 27.7 Å². The summed E-state index contributed by atoms with van der Waals surface area (Å²) >= 11 is 11.6. The summed E-state index contributed by atoms with van der Waals surface area (Å²) < 4.78 is 13.1. The second-order valence-electron chi connectivity index (χ2n) is 3.98. The Kier molecular flexibility index (Phi) is 3.38. The monoisotopic (exact) mass is 308 g/mol. The van der Waals surface area contributed by atoms with Gasteiger partial charge in [-0.2, -0.15) is 0 Å². The number of nitrogens with one attached hydrogen (secondary N) is 1. The van der Waals surface area contributed by atoms with Crippen molar-refractivity contribution in [1.29, 1.82) is 0 Å². The summed E-state index contributed by atoms with van der Waals surface area (Å²) in [5.74, 6) is -0.00823. The summed E-state index contributed by atoms with van der Waals surface area (Å²) in [6, 6.07) is 7.69. The van der Waals surface area contributed by atoms with Crippen LogP contribution in [0.15, 0.2) is 36.7 Å². The van der Waals surface area contributed by atoms with Crippen molar-refractivity contribution < 1.29 is 4.39 Å². The van der Waals surface area contributed by atoms with Crippen LogP contribution in [0.4, 0.5) is 15.9 Å². The van der Waals surface area contributed by atoms with E-state index >= 15 is 0 Å². The van der Waals surface area contributed by atoms with Crippen molar-refractivity contribution >= 4 is 45.7 Å². The summed E-state index contributed by atoms with van der Waals surface area (Å²) in [6.45, 7) is 0. The highest BCUT2D eigenvalue weighted by molar-refractivity contribution is 6.31. The van der Waals surface area contributed by atoms with E-state index in [0.717, 1.165) is 0 Å². The Bertz CT molecular complexity index is 794. The van der Waals surface area contributed by atoms with Crippen molar-refractivity contribution in [3.63, 3.8) is 0 Å². The molecule has 0 spiro atoms. The zero-order valence-electron chi connectivity index (χ0n) is 9.94. The van der Waals surface area contributed by atoms with Crippen molar-refractivity contribution in [3.05, 3.63) is 52.7 Å². The van der Waals surface area contributed by atoms with Gasteiger partial charge in [0.2, 0.25) is 0 Å². The first-order chi connectivity index (χ1) is 9.63. The van der Waals surface area contributed by atoms with Crippen LogP contribution < -0.4 is 5.32 Å². The standard InChI is InChI=1S/C13H7Cl2FN4/c14-8-5-7(1-2-9(8)16)19-13-12-10(17-6-18-13)3-4-11(15)20-12/h1-6H,(H,17,18,19). The van der Waals surface area contributed by atoms with Gasteiger partial charge in [0.05, 0.1) is 10.5 Å². The van der Waals surface area contributed by atoms with Crippen LogP contribution in [0, 0.1) is 5.82 Å². The largest absolute Gasteiger partial charge is 0.338 e. The van der Waals surface area contributed by atoms with E-state index in [1.54, 1.807) is 18.2 Å². The number of hydrogen-bond donors (Lipinski definition) is 1. The maximum Gasteiger partial charge on any atom is 0.160 e. The van der Waals surface area contributed by atoms with E-state index in [2.05, 4.69) is 20.3 Å². The minimum Gasteiger partial charge on any atom is -0.338 e. The summed E-state index contributed by atoms with van der Waals surface area (Å²) in [6.07, 6.45) is 1.41. The van der Waals surface area contributed by atoms with E-state index in [4.69, 9.17) is 23.2 Å². The molecule has 7 heteroatoms. The third-order valence-corrected chi connectivity index (χ3v) is 3.13. The highest BCUT2D eigenvalue weighted by Gasteiger charge is 2.07. The van der Waals surface area contributed by atoms with Gasteiger partial charge in [-0.3, -0.25) is 0 Å². The lowest BCUT2D eigenvalue weighted by Gasteiger charge is -2.08. The van der Waals surface area contributed by atoms with Gasteiger partial charge in [-0.25, -0.2) is 19.3 Å². The molecule has 0 saturated carbocycles. The van der Waals surface area contributed by atoms with Gasteiger partial charge in [-0.1, -0.05) is 23.2 Å². The van der Waals surface area contributed by atoms with Crippen LogP contribution in [-0.4, -0.2) is 15.0 Å². The van der Waals surface area contributed by atoms with E-state index in [1.165, 1.54) is 18.5 Å². The van der Waals surface area contributed by atoms with Crippen molar-refractivity contribution in [2.45, 2.75) is 0 Å². The number of halogens is 3. The summed E-state index contributed by atoms with van der Waals surface area (Å²) in [5, 5.41) is 3.39. The zero-order chi connectivity index (χ0) is 14.1.